The molecule has 2 atom stereocenters. The van der Waals surface area contributed by atoms with Gasteiger partial charge in [0.1, 0.15) is 6.04 Å². The fourth-order valence-corrected chi connectivity index (χ4v) is 2.56. The number of carbonyl (C=O) groups excluding carboxylic acids is 2. The van der Waals surface area contributed by atoms with E-state index >= 15 is 0 Å². The van der Waals surface area contributed by atoms with Crippen LogP contribution in [-0.2, 0) is 4.79 Å². The van der Waals surface area contributed by atoms with E-state index in [4.69, 9.17) is 11.6 Å². The zero-order valence-electron chi connectivity index (χ0n) is 12.9. The Morgan fingerprint density at radius 2 is 2.05 bits per heavy atom. The SMILES string of the molecule is CCC(C)NC(=O)N1CCCC1C(=O)Nc1ccc(Cl)cc1. The van der Waals surface area contributed by atoms with Crippen LogP contribution in [0.2, 0.25) is 5.02 Å². The summed E-state index contributed by atoms with van der Waals surface area (Å²) in [6, 6.07) is 6.46. The first kappa shape index (κ1) is 16.6. The van der Waals surface area contributed by atoms with Crippen LogP contribution in [0.3, 0.4) is 0 Å². The molecule has 1 fully saturated rings. The average molecular weight is 324 g/mol. The van der Waals surface area contributed by atoms with Crippen LogP contribution in [-0.4, -0.2) is 35.5 Å². The third-order valence-corrected chi connectivity index (χ3v) is 4.16. The van der Waals surface area contributed by atoms with Gasteiger partial charge >= 0.3 is 6.03 Å². The molecule has 0 spiro atoms. The fourth-order valence-electron chi connectivity index (χ4n) is 2.44. The number of benzene rings is 1. The highest BCUT2D eigenvalue weighted by molar-refractivity contribution is 6.30. The lowest BCUT2D eigenvalue weighted by molar-refractivity contribution is -0.119. The molecular formula is C16H22ClN3O2. The summed E-state index contributed by atoms with van der Waals surface area (Å²) in [4.78, 5) is 26.3. The van der Waals surface area contributed by atoms with Gasteiger partial charge in [0.25, 0.3) is 0 Å². The summed E-state index contributed by atoms with van der Waals surface area (Å²) in [5.74, 6) is -0.154. The van der Waals surface area contributed by atoms with Gasteiger partial charge in [0.2, 0.25) is 5.91 Å². The van der Waals surface area contributed by atoms with E-state index in [1.807, 2.05) is 13.8 Å². The van der Waals surface area contributed by atoms with Gasteiger partial charge in [-0.25, -0.2) is 4.79 Å². The van der Waals surface area contributed by atoms with Gasteiger partial charge in [0.15, 0.2) is 0 Å². The van der Waals surface area contributed by atoms with Crippen molar-refractivity contribution in [2.24, 2.45) is 0 Å². The molecule has 5 nitrogen and oxygen atoms in total. The molecule has 2 N–H and O–H groups in total. The summed E-state index contributed by atoms with van der Waals surface area (Å²) in [6.07, 6.45) is 2.39. The lowest BCUT2D eigenvalue weighted by Gasteiger charge is -2.25. The van der Waals surface area contributed by atoms with Crippen molar-refractivity contribution in [3.63, 3.8) is 0 Å². The van der Waals surface area contributed by atoms with Gasteiger partial charge in [-0.1, -0.05) is 18.5 Å². The number of nitrogens with one attached hydrogen (secondary N) is 2. The summed E-state index contributed by atoms with van der Waals surface area (Å²) in [7, 11) is 0. The van der Waals surface area contributed by atoms with E-state index in [1.165, 1.54) is 0 Å². The number of rotatable bonds is 4. The third-order valence-electron chi connectivity index (χ3n) is 3.91. The van der Waals surface area contributed by atoms with Crippen LogP contribution in [0, 0.1) is 0 Å². The Morgan fingerprint density at radius 3 is 2.68 bits per heavy atom. The highest BCUT2D eigenvalue weighted by atomic mass is 35.5. The molecule has 2 unspecified atom stereocenters. The molecule has 22 heavy (non-hydrogen) atoms. The number of likely N-dealkylation sites (tertiary alicyclic amines) is 1. The maximum atomic E-state index is 12.4. The average Bonchev–Trinajstić information content (AvgIpc) is 2.99. The molecule has 1 aromatic rings. The molecule has 1 aliphatic rings. The maximum absolute atomic E-state index is 12.4. The Balaban J connectivity index is 1.98. The van der Waals surface area contributed by atoms with Crippen LogP contribution in [0.4, 0.5) is 10.5 Å². The second-order valence-electron chi connectivity index (χ2n) is 5.61. The predicted octanol–water partition coefficient (Wildman–Crippen LogP) is 3.25. The Kier molecular flexibility index (Phi) is 5.66. The molecule has 0 bridgehead atoms. The van der Waals surface area contributed by atoms with Crippen molar-refractivity contribution in [2.45, 2.75) is 45.2 Å². The largest absolute Gasteiger partial charge is 0.336 e. The summed E-state index contributed by atoms with van der Waals surface area (Å²) < 4.78 is 0. The molecule has 0 aliphatic carbocycles. The van der Waals surface area contributed by atoms with Crippen molar-refractivity contribution in [1.82, 2.24) is 10.2 Å². The smallest absolute Gasteiger partial charge is 0.318 e. The van der Waals surface area contributed by atoms with Gasteiger partial charge in [-0.05, 0) is 50.5 Å². The van der Waals surface area contributed by atoms with E-state index in [2.05, 4.69) is 10.6 Å². The van der Waals surface area contributed by atoms with Crippen LogP contribution in [0.15, 0.2) is 24.3 Å². The van der Waals surface area contributed by atoms with Crippen molar-refractivity contribution < 1.29 is 9.59 Å². The molecule has 1 saturated heterocycles. The van der Waals surface area contributed by atoms with Gasteiger partial charge in [-0.15, -0.1) is 0 Å². The zero-order chi connectivity index (χ0) is 16.1. The van der Waals surface area contributed by atoms with Crippen molar-refractivity contribution in [2.75, 3.05) is 11.9 Å². The molecule has 6 heteroatoms. The van der Waals surface area contributed by atoms with Gasteiger partial charge in [-0.3, -0.25) is 4.79 Å². The number of hydrogen-bond donors (Lipinski definition) is 2. The molecule has 1 aliphatic heterocycles. The van der Waals surface area contributed by atoms with E-state index < -0.39 is 6.04 Å². The molecule has 0 radical (unpaired) electrons. The lowest BCUT2D eigenvalue weighted by Crippen LogP contribution is -2.49. The summed E-state index contributed by atoms with van der Waals surface area (Å²) in [5.41, 5.74) is 0.684. The van der Waals surface area contributed by atoms with Crippen molar-refractivity contribution in [3.8, 4) is 0 Å². The van der Waals surface area contributed by atoms with Crippen LogP contribution < -0.4 is 10.6 Å². The predicted molar refractivity (Wildman–Crippen MR) is 88.1 cm³/mol. The summed E-state index contributed by atoms with van der Waals surface area (Å²) >= 11 is 5.83. The standard InChI is InChI=1S/C16H22ClN3O2/c1-3-11(2)18-16(22)20-10-4-5-14(20)15(21)19-13-8-6-12(17)7-9-13/h6-9,11,14H,3-5,10H2,1-2H3,(H,18,22)(H,19,21). The van der Waals surface area contributed by atoms with E-state index in [0.29, 0.717) is 23.7 Å². The van der Waals surface area contributed by atoms with Gasteiger partial charge in [0.05, 0.1) is 0 Å². The second kappa shape index (κ2) is 7.49. The van der Waals surface area contributed by atoms with E-state index in [0.717, 1.165) is 12.8 Å². The normalized spacial score (nSPS) is 18.9. The Hall–Kier alpha value is -1.75. The topological polar surface area (TPSA) is 61.4 Å². The Labute approximate surface area is 136 Å². The van der Waals surface area contributed by atoms with E-state index in [-0.39, 0.29) is 18.0 Å². The van der Waals surface area contributed by atoms with Gasteiger partial charge in [0, 0.05) is 23.3 Å². The zero-order valence-corrected chi connectivity index (χ0v) is 13.7. The molecule has 2 rings (SSSR count). The minimum Gasteiger partial charge on any atom is -0.336 e. The summed E-state index contributed by atoms with van der Waals surface area (Å²) in [6.45, 7) is 4.58. The first-order valence-corrected chi connectivity index (χ1v) is 8.02. The lowest BCUT2D eigenvalue weighted by atomic mass is 10.2. The minimum absolute atomic E-state index is 0.105. The highest BCUT2D eigenvalue weighted by Gasteiger charge is 2.34. The van der Waals surface area contributed by atoms with Crippen LogP contribution in [0.1, 0.15) is 33.1 Å². The van der Waals surface area contributed by atoms with E-state index in [9.17, 15) is 9.59 Å². The Morgan fingerprint density at radius 1 is 1.36 bits per heavy atom. The molecule has 3 amide bonds. The number of halogens is 1. The van der Waals surface area contributed by atoms with Crippen LogP contribution in [0.25, 0.3) is 0 Å². The van der Waals surface area contributed by atoms with Crippen molar-refractivity contribution >= 4 is 29.2 Å². The molecule has 0 aromatic heterocycles. The fraction of sp³-hybridized carbons (Fsp3) is 0.500. The van der Waals surface area contributed by atoms with Gasteiger partial charge < -0.3 is 15.5 Å². The Bertz CT molecular complexity index is 533. The van der Waals surface area contributed by atoms with Gasteiger partial charge in [-0.2, -0.15) is 0 Å². The number of anilines is 1. The number of urea groups is 1. The van der Waals surface area contributed by atoms with E-state index in [1.54, 1.807) is 29.2 Å². The number of hydrogen-bond acceptors (Lipinski definition) is 2. The first-order chi connectivity index (χ1) is 10.5. The number of nitrogens with zero attached hydrogens (tertiary/aromatic N) is 1. The highest BCUT2D eigenvalue weighted by Crippen LogP contribution is 2.20. The summed E-state index contributed by atoms with van der Waals surface area (Å²) in [5, 5.41) is 6.38. The van der Waals surface area contributed by atoms with Crippen molar-refractivity contribution in [1.29, 1.82) is 0 Å². The minimum atomic E-state index is -0.417. The molecular weight excluding hydrogens is 302 g/mol. The molecule has 1 aromatic carbocycles. The second-order valence-corrected chi connectivity index (χ2v) is 6.04. The monoisotopic (exact) mass is 323 g/mol. The number of amides is 3. The van der Waals surface area contributed by atoms with Crippen LogP contribution >= 0.6 is 11.6 Å². The third kappa shape index (κ3) is 4.13. The molecule has 1 heterocycles. The first-order valence-electron chi connectivity index (χ1n) is 7.64. The molecule has 0 saturated carbocycles. The van der Waals surface area contributed by atoms with Crippen molar-refractivity contribution in [3.05, 3.63) is 29.3 Å². The molecule has 120 valence electrons. The number of carbonyl (C=O) groups is 2. The quantitative estimate of drug-likeness (QED) is 0.893. The maximum Gasteiger partial charge on any atom is 0.318 e. The van der Waals surface area contributed by atoms with Crippen LogP contribution in [0.5, 0.6) is 0 Å².